The maximum atomic E-state index is 12.8. The van der Waals surface area contributed by atoms with Gasteiger partial charge in [0, 0.05) is 16.7 Å². The van der Waals surface area contributed by atoms with Gasteiger partial charge < -0.3 is 16.3 Å². The molecule has 0 heterocycles. The van der Waals surface area contributed by atoms with Crippen LogP contribution in [-0.4, -0.2) is 23.8 Å². The molecule has 1 rings (SSSR count). The summed E-state index contributed by atoms with van der Waals surface area (Å²) < 4.78 is 39.2. The number of nitrogens with zero attached hydrogens (tertiary/aromatic N) is 1. The third-order valence-corrected chi connectivity index (χ3v) is 4.07. The Morgan fingerprint density at radius 2 is 1.90 bits per heavy atom. The number of alkyl halides is 3. The highest BCUT2D eigenvalue weighted by molar-refractivity contribution is 9.10. The van der Waals surface area contributed by atoms with Crippen LogP contribution in [0.2, 0.25) is 0 Å². The number of oxime groups is 1. The predicted molar refractivity (Wildman–Crippen MR) is 75.1 cm³/mol. The molecule has 1 unspecified atom stereocenters. The Labute approximate surface area is 123 Å². The largest absolute Gasteiger partial charge is 0.409 e. The molecule has 0 saturated carbocycles. The summed E-state index contributed by atoms with van der Waals surface area (Å²) in [4.78, 5) is 0. The molecule has 20 heavy (non-hydrogen) atoms. The second-order valence-electron chi connectivity index (χ2n) is 4.42. The van der Waals surface area contributed by atoms with Gasteiger partial charge in [0.2, 0.25) is 0 Å². The number of nitrogens with one attached hydrogen (secondary N) is 1. The summed E-state index contributed by atoms with van der Waals surface area (Å²) in [7, 11) is 0. The Kier molecular flexibility index (Phi) is 5.27. The molecule has 0 aliphatic rings. The topological polar surface area (TPSA) is 70.6 Å². The van der Waals surface area contributed by atoms with Gasteiger partial charge in [-0.3, -0.25) is 0 Å². The van der Waals surface area contributed by atoms with Crippen molar-refractivity contribution in [2.75, 3.05) is 11.9 Å². The molecule has 0 aliphatic heterocycles. The third kappa shape index (κ3) is 4.03. The number of nitrogens with two attached hydrogens (primary N) is 1. The molecule has 0 aromatic heterocycles. The van der Waals surface area contributed by atoms with E-state index in [1.54, 1.807) is 12.1 Å². The summed E-state index contributed by atoms with van der Waals surface area (Å²) in [5, 5.41) is 13.5. The summed E-state index contributed by atoms with van der Waals surface area (Å²) in [6.45, 7) is 3.18. The molecule has 4 nitrogen and oxygen atoms in total. The van der Waals surface area contributed by atoms with Crippen LogP contribution in [0.15, 0.2) is 21.8 Å². The molecule has 1 atom stereocenters. The van der Waals surface area contributed by atoms with Gasteiger partial charge in [-0.05, 0) is 37.1 Å². The molecular weight excluding hydrogens is 339 g/mol. The summed E-state index contributed by atoms with van der Waals surface area (Å²) >= 11 is 3.38. The molecule has 1 aromatic carbocycles. The van der Waals surface area contributed by atoms with Gasteiger partial charge in [-0.1, -0.05) is 21.1 Å². The fourth-order valence-electron chi connectivity index (χ4n) is 1.73. The van der Waals surface area contributed by atoms with E-state index in [2.05, 4.69) is 26.4 Å². The number of anilines is 1. The van der Waals surface area contributed by atoms with Gasteiger partial charge in [-0.25, -0.2) is 0 Å². The van der Waals surface area contributed by atoms with Crippen LogP contribution in [0, 0.1) is 19.8 Å². The minimum atomic E-state index is -4.58. The Bertz CT molecular complexity index is 494. The molecule has 0 aliphatic carbocycles. The number of rotatable bonds is 4. The van der Waals surface area contributed by atoms with E-state index in [4.69, 9.17) is 10.9 Å². The maximum Gasteiger partial charge on any atom is 0.400 e. The minimum absolute atomic E-state index is 0.500. The van der Waals surface area contributed by atoms with Crippen LogP contribution in [-0.2, 0) is 0 Å². The van der Waals surface area contributed by atoms with E-state index < -0.39 is 24.5 Å². The minimum Gasteiger partial charge on any atom is -0.409 e. The zero-order chi connectivity index (χ0) is 15.5. The lowest BCUT2D eigenvalue weighted by atomic mass is 10.1. The van der Waals surface area contributed by atoms with Crippen LogP contribution >= 0.6 is 15.9 Å². The Morgan fingerprint density at radius 1 is 1.40 bits per heavy atom. The van der Waals surface area contributed by atoms with Crippen molar-refractivity contribution in [1.82, 2.24) is 0 Å². The molecule has 0 bridgehead atoms. The average molecular weight is 354 g/mol. The van der Waals surface area contributed by atoms with E-state index in [-0.39, 0.29) is 0 Å². The SMILES string of the molecule is Cc1cc(NCC(/C(N)=N/O)C(F)(F)F)cc(C)c1Br. The second-order valence-corrected chi connectivity index (χ2v) is 5.22. The van der Waals surface area contributed by atoms with Crippen molar-refractivity contribution in [1.29, 1.82) is 0 Å². The van der Waals surface area contributed by atoms with Gasteiger partial charge in [-0.15, -0.1) is 0 Å². The van der Waals surface area contributed by atoms with Gasteiger partial charge in [0.25, 0.3) is 0 Å². The van der Waals surface area contributed by atoms with Gasteiger partial charge in [0.1, 0.15) is 5.92 Å². The summed E-state index contributed by atoms with van der Waals surface area (Å²) in [6.07, 6.45) is -4.58. The van der Waals surface area contributed by atoms with E-state index in [1.807, 2.05) is 13.8 Å². The van der Waals surface area contributed by atoms with Crippen molar-refractivity contribution < 1.29 is 18.4 Å². The Balaban J connectivity index is 2.89. The lowest BCUT2D eigenvalue weighted by Gasteiger charge is -2.20. The highest BCUT2D eigenvalue weighted by Gasteiger charge is 2.42. The fourth-order valence-corrected chi connectivity index (χ4v) is 1.95. The number of hydrogen-bond donors (Lipinski definition) is 3. The smallest absolute Gasteiger partial charge is 0.400 e. The van der Waals surface area contributed by atoms with Crippen molar-refractivity contribution in [3.63, 3.8) is 0 Å². The van der Waals surface area contributed by atoms with Crippen molar-refractivity contribution in [2.45, 2.75) is 20.0 Å². The predicted octanol–water partition coefficient (Wildman–Crippen LogP) is 3.40. The summed E-state index contributed by atoms with van der Waals surface area (Å²) in [5.74, 6) is -2.91. The Hall–Kier alpha value is -1.44. The first-order valence-electron chi connectivity index (χ1n) is 5.71. The highest BCUT2D eigenvalue weighted by Crippen LogP contribution is 2.28. The van der Waals surface area contributed by atoms with Gasteiger partial charge >= 0.3 is 6.18 Å². The van der Waals surface area contributed by atoms with E-state index in [0.717, 1.165) is 15.6 Å². The lowest BCUT2D eigenvalue weighted by molar-refractivity contribution is -0.152. The summed E-state index contributed by atoms with van der Waals surface area (Å²) in [5.41, 5.74) is 7.43. The first kappa shape index (κ1) is 16.6. The van der Waals surface area contributed by atoms with Crippen LogP contribution in [0.25, 0.3) is 0 Å². The van der Waals surface area contributed by atoms with Gasteiger partial charge in [-0.2, -0.15) is 13.2 Å². The normalized spacial score (nSPS) is 14.2. The molecule has 0 fully saturated rings. The van der Waals surface area contributed by atoms with Crippen molar-refractivity contribution >= 4 is 27.5 Å². The quantitative estimate of drug-likeness (QED) is 0.336. The second kappa shape index (κ2) is 6.34. The standard InChI is InChI=1S/C12H15BrF3N3O/c1-6-3-8(4-7(2)10(6)13)18-5-9(11(17)19-20)12(14,15)16/h3-4,9,18,20H,5H2,1-2H3,(H2,17,19). The average Bonchev–Trinajstić information content (AvgIpc) is 2.34. The molecule has 0 radical (unpaired) electrons. The molecule has 8 heteroatoms. The van der Waals surface area contributed by atoms with Crippen LogP contribution in [0.4, 0.5) is 18.9 Å². The monoisotopic (exact) mass is 353 g/mol. The van der Waals surface area contributed by atoms with E-state index in [1.165, 1.54) is 0 Å². The first-order valence-corrected chi connectivity index (χ1v) is 6.51. The number of benzene rings is 1. The maximum absolute atomic E-state index is 12.8. The van der Waals surface area contributed by atoms with Crippen molar-refractivity contribution in [3.8, 4) is 0 Å². The number of hydrogen-bond acceptors (Lipinski definition) is 3. The van der Waals surface area contributed by atoms with Crippen LogP contribution in [0.3, 0.4) is 0 Å². The van der Waals surface area contributed by atoms with Crippen molar-refractivity contribution in [3.05, 3.63) is 27.7 Å². The number of amidine groups is 1. The molecule has 0 saturated heterocycles. The van der Waals surface area contributed by atoms with E-state index in [9.17, 15) is 13.2 Å². The fraction of sp³-hybridized carbons (Fsp3) is 0.417. The van der Waals surface area contributed by atoms with E-state index >= 15 is 0 Å². The Morgan fingerprint density at radius 3 is 2.30 bits per heavy atom. The van der Waals surface area contributed by atoms with Crippen molar-refractivity contribution in [2.24, 2.45) is 16.8 Å². The number of halogens is 4. The molecule has 4 N–H and O–H groups in total. The molecular formula is C12H15BrF3N3O. The highest BCUT2D eigenvalue weighted by atomic mass is 79.9. The zero-order valence-electron chi connectivity index (χ0n) is 10.9. The lowest BCUT2D eigenvalue weighted by Crippen LogP contribution is -2.40. The van der Waals surface area contributed by atoms with Crippen LogP contribution in [0.5, 0.6) is 0 Å². The first-order chi connectivity index (χ1) is 9.16. The van der Waals surface area contributed by atoms with Crippen LogP contribution in [0.1, 0.15) is 11.1 Å². The zero-order valence-corrected chi connectivity index (χ0v) is 12.5. The van der Waals surface area contributed by atoms with E-state index in [0.29, 0.717) is 5.69 Å². The third-order valence-electron chi connectivity index (χ3n) is 2.81. The number of aryl methyl sites for hydroxylation is 2. The molecule has 1 aromatic rings. The molecule has 0 spiro atoms. The van der Waals surface area contributed by atoms with Crippen LogP contribution < -0.4 is 11.1 Å². The summed E-state index contributed by atoms with van der Waals surface area (Å²) in [6, 6.07) is 3.44. The van der Waals surface area contributed by atoms with Gasteiger partial charge in [0.15, 0.2) is 5.84 Å². The van der Waals surface area contributed by atoms with Gasteiger partial charge in [0.05, 0.1) is 0 Å². The molecule has 112 valence electrons. The molecule has 0 amide bonds.